The molecule has 1 aromatic carbocycles. The van der Waals surface area contributed by atoms with E-state index in [2.05, 4.69) is 0 Å². The summed E-state index contributed by atoms with van der Waals surface area (Å²) < 4.78 is 0. The van der Waals surface area contributed by atoms with Gasteiger partial charge in [0.1, 0.15) is 0 Å². The maximum atomic E-state index is 11.5. The molecule has 1 aromatic rings. The Morgan fingerprint density at radius 3 is 2.81 bits per heavy atom. The number of aliphatic hydroxyl groups is 1. The number of alkyl halides is 1. The molecule has 1 aliphatic rings. The molecule has 2 rings (SSSR count). The number of nitrogens with zero attached hydrogens (tertiary/aromatic N) is 1. The molecule has 4 heteroatoms. The number of likely N-dealkylation sites (tertiary alicyclic amines) is 1. The standard InChI is InChI=1S/C12H14ClNO2/c13-11-5-12(16)14(7-11)6-9-2-1-3-10(4-9)8-15/h1-4,11,15H,5-8H2. The van der Waals surface area contributed by atoms with Gasteiger partial charge in [0, 0.05) is 19.5 Å². The number of halogens is 1. The third-order valence-corrected chi connectivity index (χ3v) is 3.01. The first-order chi connectivity index (χ1) is 7.69. The summed E-state index contributed by atoms with van der Waals surface area (Å²) in [5.41, 5.74) is 1.90. The molecule has 86 valence electrons. The second-order valence-corrected chi connectivity index (χ2v) is 4.67. The Hall–Kier alpha value is -1.06. The highest BCUT2D eigenvalue weighted by Gasteiger charge is 2.27. The van der Waals surface area contributed by atoms with Crippen LogP contribution in [0.3, 0.4) is 0 Å². The van der Waals surface area contributed by atoms with Crippen molar-refractivity contribution >= 4 is 17.5 Å². The quantitative estimate of drug-likeness (QED) is 0.813. The molecule has 1 unspecified atom stereocenters. The van der Waals surface area contributed by atoms with Crippen LogP contribution in [0.2, 0.25) is 0 Å². The lowest BCUT2D eigenvalue weighted by Gasteiger charge is -2.16. The summed E-state index contributed by atoms with van der Waals surface area (Å²) in [7, 11) is 0. The third kappa shape index (κ3) is 2.54. The first-order valence-electron chi connectivity index (χ1n) is 5.29. The largest absolute Gasteiger partial charge is 0.392 e. The van der Waals surface area contributed by atoms with Gasteiger partial charge < -0.3 is 10.0 Å². The first kappa shape index (κ1) is 11.4. The molecule has 1 amide bonds. The summed E-state index contributed by atoms with van der Waals surface area (Å²) in [5.74, 6) is 0.106. The highest BCUT2D eigenvalue weighted by Crippen LogP contribution is 2.19. The number of carbonyl (C=O) groups is 1. The van der Waals surface area contributed by atoms with Gasteiger partial charge in [-0.15, -0.1) is 11.6 Å². The lowest BCUT2D eigenvalue weighted by atomic mass is 10.1. The molecule has 1 heterocycles. The molecule has 1 saturated heterocycles. The zero-order valence-corrected chi connectivity index (χ0v) is 9.65. The Labute approximate surface area is 99.6 Å². The Kier molecular flexibility index (Phi) is 3.46. The molecule has 0 saturated carbocycles. The van der Waals surface area contributed by atoms with Gasteiger partial charge in [-0.05, 0) is 11.1 Å². The molecule has 3 nitrogen and oxygen atoms in total. The highest BCUT2D eigenvalue weighted by molar-refractivity contribution is 6.22. The van der Waals surface area contributed by atoms with Gasteiger partial charge in [0.05, 0.1) is 12.0 Å². The Balaban J connectivity index is 2.06. The van der Waals surface area contributed by atoms with Crippen LogP contribution in [0.4, 0.5) is 0 Å². The minimum atomic E-state index is -0.0616. The maximum Gasteiger partial charge on any atom is 0.224 e. The molecule has 1 N–H and O–H groups in total. The Bertz CT molecular complexity index is 394. The summed E-state index contributed by atoms with van der Waals surface area (Å²) in [6.07, 6.45) is 0.432. The van der Waals surface area contributed by atoms with Gasteiger partial charge in [-0.25, -0.2) is 0 Å². The minimum Gasteiger partial charge on any atom is -0.392 e. The molecule has 0 radical (unpaired) electrons. The summed E-state index contributed by atoms with van der Waals surface area (Å²) >= 11 is 5.92. The second-order valence-electron chi connectivity index (χ2n) is 4.05. The number of amides is 1. The number of rotatable bonds is 3. The van der Waals surface area contributed by atoms with Gasteiger partial charge >= 0.3 is 0 Å². The van der Waals surface area contributed by atoms with Crippen LogP contribution in [0.5, 0.6) is 0 Å². The van der Waals surface area contributed by atoms with E-state index in [9.17, 15) is 4.79 Å². The van der Waals surface area contributed by atoms with Crippen molar-refractivity contribution in [2.75, 3.05) is 6.54 Å². The molecule has 1 fully saturated rings. The van der Waals surface area contributed by atoms with E-state index in [-0.39, 0.29) is 17.9 Å². The number of hydrogen-bond donors (Lipinski definition) is 1. The summed E-state index contributed by atoms with van der Waals surface area (Å²) in [4.78, 5) is 13.3. The van der Waals surface area contributed by atoms with Crippen molar-refractivity contribution in [2.45, 2.75) is 24.9 Å². The smallest absolute Gasteiger partial charge is 0.224 e. The van der Waals surface area contributed by atoms with E-state index in [1.165, 1.54) is 0 Å². The molecular weight excluding hydrogens is 226 g/mol. The van der Waals surface area contributed by atoms with E-state index in [0.29, 0.717) is 19.5 Å². The van der Waals surface area contributed by atoms with Gasteiger partial charge in [-0.3, -0.25) is 4.79 Å². The molecule has 0 aliphatic carbocycles. The lowest BCUT2D eigenvalue weighted by molar-refractivity contribution is -0.128. The third-order valence-electron chi connectivity index (χ3n) is 2.71. The fraction of sp³-hybridized carbons (Fsp3) is 0.417. The predicted octanol–water partition coefficient (Wildman–Crippen LogP) is 1.52. The van der Waals surface area contributed by atoms with Gasteiger partial charge in [0.25, 0.3) is 0 Å². The average Bonchev–Trinajstić information content (AvgIpc) is 2.58. The van der Waals surface area contributed by atoms with Crippen molar-refractivity contribution in [3.63, 3.8) is 0 Å². The molecular formula is C12H14ClNO2. The second kappa shape index (κ2) is 4.85. The van der Waals surface area contributed by atoms with E-state index >= 15 is 0 Å². The number of carbonyl (C=O) groups excluding carboxylic acids is 1. The maximum absolute atomic E-state index is 11.5. The van der Waals surface area contributed by atoms with Gasteiger partial charge in [0.15, 0.2) is 0 Å². The molecule has 0 bridgehead atoms. The van der Waals surface area contributed by atoms with E-state index in [4.69, 9.17) is 16.7 Å². The van der Waals surface area contributed by atoms with Gasteiger partial charge in [-0.1, -0.05) is 24.3 Å². The van der Waals surface area contributed by atoms with E-state index in [1.54, 1.807) is 4.90 Å². The minimum absolute atomic E-state index is 0.0277. The fourth-order valence-corrected chi connectivity index (χ4v) is 2.22. The number of benzene rings is 1. The molecule has 1 aliphatic heterocycles. The van der Waals surface area contributed by atoms with Crippen LogP contribution in [0.15, 0.2) is 24.3 Å². The summed E-state index contributed by atoms with van der Waals surface area (Å²) in [6.45, 7) is 1.22. The zero-order chi connectivity index (χ0) is 11.5. The van der Waals surface area contributed by atoms with Crippen LogP contribution < -0.4 is 0 Å². The predicted molar refractivity (Wildman–Crippen MR) is 62.0 cm³/mol. The van der Waals surface area contributed by atoms with Crippen LogP contribution in [-0.4, -0.2) is 27.8 Å². The molecule has 1 atom stereocenters. The first-order valence-corrected chi connectivity index (χ1v) is 5.73. The average molecular weight is 240 g/mol. The molecule has 0 spiro atoms. The number of hydrogen-bond acceptors (Lipinski definition) is 2. The molecule has 16 heavy (non-hydrogen) atoms. The van der Waals surface area contributed by atoms with Crippen molar-refractivity contribution in [1.29, 1.82) is 0 Å². The monoisotopic (exact) mass is 239 g/mol. The summed E-state index contributed by atoms with van der Waals surface area (Å²) in [5, 5.41) is 8.95. The highest BCUT2D eigenvalue weighted by atomic mass is 35.5. The van der Waals surface area contributed by atoms with Gasteiger partial charge in [-0.2, -0.15) is 0 Å². The van der Waals surface area contributed by atoms with E-state index < -0.39 is 0 Å². The van der Waals surface area contributed by atoms with Crippen molar-refractivity contribution in [2.24, 2.45) is 0 Å². The number of aliphatic hydroxyl groups excluding tert-OH is 1. The van der Waals surface area contributed by atoms with Crippen LogP contribution in [-0.2, 0) is 17.9 Å². The Morgan fingerprint density at radius 1 is 1.44 bits per heavy atom. The van der Waals surface area contributed by atoms with Crippen LogP contribution >= 0.6 is 11.6 Å². The van der Waals surface area contributed by atoms with Crippen LogP contribution in [0.25, 0.3) is 0 Å². The van der Waals surface area contributed by atoms with E-state index in [0.717, 1.165) is 11.1 Å². The van der Waals surface area contributed by atoms with E-state index in [1.807, 2.05) is 24.3 Å². The van der Waals surface area contributed by atoms with Crippen LogP contribution in [0, 0.1) is 0 Å². The van der Waals surface area contributed by atoms with Crippen molar-refractivity contribution < 1.29 is 9.90 Å². The summed E-state index contributed by atoms with van der Waals surface area (Å²) in [6, 6.07) is 7.61. The normalized spacial score (nSPS) is 20.5. The van der Waals surface area contributed by atoms with Crippen molar-refractivity contribution in [1.82, 2.24) is 4.90 Å². The Morgan fingerprint density at radius 2 is 2.19 bits per heavy atom. The SMILES string of the molecule is O=C1CC(Cl)CN1Cc1cccc(CO)c1. The van der Waals surface area contributed by atoms with Crippen LogP contribution in [0.1, 0.15) is 17.5 Å². The van der Waals surface area contributed by atoms with Gasteiger partial charge in [0.2, 0.25) is 5.91 Å². The van der Waals surface area contributed by atoms with Crippen molar-refractivity contribution in [3.05, 3.63) is 35.4 Å². The van der Waals surface area contributed by atoms with Crippen molar-refractivity contribution in [3.8, 4) is 0 Å². The topological polar surface area (TPSA) is 40.5 Å². The molecule has 0 aromatic heterocycles. The lowest BCUT2D eigenvalue weighted by Crippen LogP contribution is -2.24. The zero-order valence-electron chi connectivity index (χ0n) is 8.90. The fourth-order valence-electron chi connectivity index (χ4n) is 1.92.